The second-order valence-electron chi connectivity index (χ2n) is 6.06. The summed E-state index contributed by atoms with van der Waals surface area (Å²) in [6.07, 6.45) is 7.70. The highest BCUT2D eigenvalue weighted by atomic mass is 16.2. The monoisotopic (exact) mass is 252 g/mol. The van der Waals surface area contributed by atoms with Crippen LogP contribution >= 0.6 is 0 Å². The number of rotatable bonds is 4. The molecular formula is C15H28N2O. The molecule has 0 aromatic rings. The first-order valence-electron chi connectivity index (χ1n) is 7.72. The second-order valence-corrected chi connectivity index (χ2v) is 6.06. The number of carbonyl (C=O) groups excluding carboxylic acids is 1. The van der Waals surface area contributed by atoms with Crippen LogP contribution in [-0.4, -0.2) is 35.0 Å². The van der Waals surface area contributed by atoms with Gasteiger partial charge in [-0.2, -0.15) is 0 Å². The summed E-state index contributed by atoms with van der Waals surface area (Å²) in [5.41, 5.74) is -0.235. The Kier molecular flexibility index (Phi) is 4.31. The molecule has 0 saturated carbocycles. The molecule has 2 aliphatic heterocycles. The average Bonchev–Trinajstić information content (AvgIpc) is 2.96. The summed E-state index contributed by atoms with van der Waals surface area (Å²) >= 11 is 0. The molecule has 0 aromatic heterocycles. The Balaban J connectivity index is 2.17. The summed E-state index contributed by atoms with van der Waals surface area (Å²) in [4.78, 5) is 15.2. The lowest BCUT2D eigenvalue weighted by molar-refractivity contribution is -0.141. The summed E-state index contributed by atoms with van der Waals surface area (Å²) in [6.45, 7) is 7.60. The molecule has 0 radical (unpaired) electrons. The first-order valence-corrected chi connectivity index (χ1v) is 7.72. The van der Waals surface area contributed by atoms with Gasteiger partial charge in [-0.3, -0.25) is 4.79 Å². The predicted octanol–water partition coefficient (Wildman–Crippen LogP) is 2.70. The quantitative estimate of drug-likeness (QED) is 0.834. The van der Waals surface area contributed by atoms with E-state index in [9.17, 15) is 4.79 Å². The van der Waals surface area contributed by atoms with E-state index in [0.717, 1.165) is 38.6 Å². The van der Waals surface area contributed by atoms with Gasteiger partial charge in [0.05, 0.1) is 5.54 Å². The van der Waals surface area contributed by atoms with E-state index in [1.807, 2.05) is 0 Å². The highest BCUT2D eigenvalue weighted by molar-refractivity contribution is 5.87. The number of hydrogen-bond donors (Lipinski definition) is 1. The zero-order chi connectivity index (χ0) is 13.2. The molecule has 2 rings (SSSR count). The lowest BCUT2D eigenvalue weighted by Crippen LogP contribution is -2.57. The predicted molar refractivity (Wildman–Crippen MR) is 74.5 cm³/mol. The Morgan fingerprint density at radius 2 is 2.17 bits per heavy atom. The maximum Gasteiger partial charge on any atom is 0.243 e. The molecule has 2 saturated heterocycles. The van der Waals surface area contributed by atoms with Crippen LogP contribution in [-0.2, 0) is 4.79 Å². The van der Waals surface area contributed by atoms with Crippen molar-refractivity contribution in [3.05, 3.63) is 0 Å². The zero-order valence-electron chi connectivity index (χ0n) is 12.2. The number of amides is 1. The maximum absolute atomic E-state index is 13.0. The first kappa shape index (κ1) is 13.9. The zero-order valence-corrected chi connectivity index (χ0v) is 12.2. The number of nitrogens with one attached hydrogen (secondary N) is 1. The van der Waals surface area contributed by atoms with Gasteiger partial charge in [0.2, 0.25) is 5.91 Å². The first-order chi connectivity index (χ1) is 8.64. The van der Waals surface area contributed by atoms with Crippen LogP contribution in [0.4, 0.5) is 0 Å². The van der Waals surface area contributed by atoms with E-state index in [4.69, 9.17) is 0 Å². The number of likely N-dealkylation sites (tertiary alicyclic amines) is 1. The molecule has 0 spiro atoms. The molecule has 18 heavy (non-hydrogen) atoms. The smallest absolute Gasteiger partial charge is 0.243 e. The summed E-state index contributed by atoms with van der Waals surface area (Å²) in [7, 11) is 0. The molecule has 1 amide bonds. The van der Waals surface area contributed by atoms with E-state index in [1.165, 1.54) is 12.8 Å². The van der Waals surface area contributed by atoms with Gasteiger partial charge in [-0.1, -0.05) is 20.3 Å². The van der Waals surface area contributed by atoms with Crippen LogP contribution in [0.1, 0.15) is 65.7 Å². The fourth-order valence-corrected chi connectivity index (χ4v) is 3.82. The topological polar surface area (TPSA) is 32.3 Å². The van der Waals surface area contributed by atoms with Gasteiger partial charge >= 0.3 is 0 Å². The third-order valence-electron chi connectivity index (χ3n) is 4.82. The highest BCUT2D eigenvalue weighted by Crippen LogP contribution is 2.33. The lowest BCUT2D eigenvalue weighted by Gasteiger charge is -2.37. The van der Waals surface area contributed by atoms with Crippen molar-refractivity contribution in [3.63, 3.8) is 0 Å². The van der Waals surface area contributed by atoms with Gasteiger partial charge in [-0.15, -0.1) is 0 Å². The lowest BCUT2D eigenvalue weighted by atomic mass is 9.89. The number of carbonyl (C=O) groups is 1. The summed E-state index contributed by atoms with van der Waals surface area (Å²) in [6, 6.07) is 0.905. The summed E-state index contributed by atoms with van der Waals surface area (Å²) < 4.78 is 0. The molecule has 104 valence electrons. The molecule has 3 atom stereocenters. The molecule has 2 aliphatic rings. The molecule has 0 aromatic carbocycles. The van der Waals surface area contributed by atoms with Crippen LogP contribution in [0.2, 0.25) is 0 Å². The molecule has 2 fully saturated rings. The molecular weight excluding hydrogens is 224 g/mol. The van der Waals surface area contributed by atoms with Crippen LogP contribution < -0.4 is 5.32 Å². The molecule has 3 unspecified atom stereocenters. The van der Waals surface area contributed by atoms with Crippen LogP contribution in [0.3, 0.4) is 0 Å². The van der Waals surface area contributed by atoms with Crippen molar-refractivity contribution in [2.24, 2.45) is 0 Å². The van der Waals surface area contributed by atoms with Crippen LogP contribution in [0.15, 0.2) is 0 Å². The Morgan fingerprint density at radius 1 is 1.39 bits per heavy atom. The van der Waals surface area contributed by atoms with Gasteiger partial charge in [0.25, 0.3) is 0 Å². The molecule has 3 nitrogen and oxygen atoms in total. The van der Waals surface area contributed by atoms with Crippen molar-refractivity contribution in [2.45, 2.75) is 83.3 Å². The van der Waals surface area contributed by atoms with Gasteiger partial charge in [-0.05, 0) is 52.0 Å². The van der Waals surface area contributed by atoms with Crippen molar-refractivity contribution in [2.75, 3.05) is 6.54 Å². The van der Waals surface area contributed by atoms with E-state index in [2.05, 4.69) is 31.0 Å². The van der Waals surface area contributed by atoms with Crippen LogP contribution in [0.25, 0.3) is 0 Å². The standard InChI is InChI=1S/C15H28N2O/c1-4-9-15(10-6-11-16-15)14(18)17-12(3)7-8-13(17)5-2/h12-13,16H,4-11H2,1-3H3. The van der Waals surface area contributed by atoms with Crippen LogP contribution in [0.5, 0.6) is 0 Å². The van der Waals surface area contributed by atoms with Crippen molar-refractivity contribution < 1.29 is 4.79 Å². The van der Waals surface area contributed by atoms with Gasteiger partial charge in [-0.25, -0.2) is 0 Å². The summed E-state index contributed by atoms with van der Waals surface area (Å²) in [5, 5.41) is 3.52. The number of hydrogen-bond acceptors (Lipinski definition) is 2. The third kappa shape index (κ3) is 2.29. The third-order valence-corrected chi connectivity index (χ3v) is 4.82. The van der Waals surface area contributed by atoms with Gasteiger partial charge < -0.3 is 10.2 Å². The second kappa shape index (κ2) is 5.60. The van der Waals surface area contributed by atoms with Crippen molar-refractivity contribution in [3.8, 4) is 0 Å². The van der Waals surface area contributed by atoms with E-state index >= 15 is 0 Å². The molecule has 3 heteroatoms. The number of nitrogens with zero attached hydrogens (tertiary/aromatic N) is 1. The normalized spacial score (nSPS) is 36.3. The molecule has 0 bridgehead atoms. The van der Waals surface area contributed by atoms with Gasteiger partial charge in [0, 0.05) is 12.1 Å². The average molecular weight is 252 g/mol. The Morgan fingerprint density at radius 3 is 2.72 bits per heavy atom. The van der Waals surface area contributed by atoms with Gasteiger partial charge in [0.1, 0.15) is 0 Å². The van der Waals surface area contributed by atoms with E-state index in [-0.39, 0.29) is 5.54 Å². The van der Waals surface area contributed by atoms with Crippen molar-refractivity contribution in [1.29, 1.82) is 0 Å². The largest absolute Gasteiger partial charge is 0.335 e. The van der Waals surface area contributed by atoms with E-state index < -0.39 is 0 Å². The minimum Gasteiger partial charge on any atom is -0.335 e. The SMILES string of the molecule is CCCC1(C(=O)N2C(C)CCC2CC)CCCN1. The van der Waals surface area contributed by atoms with E-state index in [1.54, 1.807) is 0 Å². The molecule has 0 aliphatic carbocycles. The minimum atomic E-state index is -0.235. The maximum atomic E-state index is 13.0. The molecule has 2 heterocycles. The van der Waals surface area contributed by atoms with Crippen molar-refractivity contribution >= 4 is 5.91 Å². The minimum absolute atomic E-state index is 0.235. The Bertz CT molecular complexity index is 297. The van der Waals surface area contributed by atoms with E-state index in [0.29, 0.717) is 18.0 Å². The summed E-state index contributed by atoms with van der Waals surface area (Å²) in [5.74, 6) is 0.388. The fraction of sp³-hybridized carbons (Fsp3) is 0.933. The molecule has 1 N–H and O–H groups in total. The fourth-order valence-electron chi connectivity index (χ4n) is 3.82. The van der Waals surface area contributed by atoms with Crippen molar-refractivity contribution in [1.82, 2.24) is 10.2 Å². The van der Waals surface area contributed by atoms with Gasteiger partial charge in [0.15, 0.2) is 0 Å². The highest BCUT2D eigenvalue weighted by Gasteiger charge is 2.46. The Labute approximate surface area is 111 Å². The van der Waals surface area contributed by atoms with Crippen LogP contribution in [0, 0.1) is 0 Å². The Hall–Kier alpha value is -0.570.